The lowest BCUT2D eigenvalue weighted by atomic mass is 10.0. The van der Waals surface area contributed by atoms with E-state index in [1.165, 1.54) is 12.7 Å². The molecule has 3 heterocycles. The summed E-state index contributed by atoms with van der Waals surface area (Å²) in [4.78, 5) is 30.2. The molecule has 0 radical (unpaired) electrons. The zero-order valence-electron chi connectivity index (χ0n) is 19.1. The number of nitrogens with two attached hydrogens (primary N) is 1. The van der Waals surface area contributed by atoms with Crippen LogP contribution in [-0.4, -0.2) is 80.6 Å². The summed E-state index contributed by atoms with van der Waals surface area (Å²) in [5.74, 6) is 0.0896. The number of amides is 1. The van der Waals surface area contributed by atoms with E-state index < -0.39 is 43.0 Å². The molecule has 1 aliphatic rings. The van der Waals surface area contributed by atoms with E-state index in [1.54, 1.807) is 33.7 Å². The highest BCUT2D eigenvalue weighted by atomic mass is 16.5. The summed E-state index contributed by atoms with van der Waals surface area (Å²) in [5, 5.41) is 27.1. The molecule has 5 N–H and O–H groups in total. The number of carbonyl (C=O) groups excluding carboxylic acids is 1. The number of aliphatic hydroxyl groups is 2. The summed E-state index contributed by atoms with van der Waals surface area (Å²) in [5.41, 5.74) is 16.8. The molecule has 1 fully saturated rings. The first-order valence-corrected chi connectivity index (χ1v) is 10.8. The van der Waals surface area contributed by atoms with Crippen molar-refractivity contribution in [3.05, 3.63) is 52.9 Å². The number of fused-ring (bicyclic) bond motifs is 1. The van der Waals surface area contributed by atoms with Crippen LogP contribution in [0.15, 0.2) is 42.0 Å². The standard InChI is InChI=1S/C21H26N10O4/c1-30(2)18-16-19(25-9-24-18)31(10-26-16)21-17(33)15(14(8-32)35-21)27-20(34)13(22)7-11-3-5-12(6-4-11)28-29-23/h3-6,9-10,13-15,17,21,32-33H,7-8,22H2,1-2H3,(H,27,34)/t13?,14-,15?,17-,21-/m1/s1. The third kappa shape index (κ3) is 4.87. The lowest BCUT2D eigenvalue weighted by molar-refractivity contribution is -0.124. The molecule has 2 aromatic heterocycles. The van der Waals surface area contributed by atoms with Gasteiger partial charge in [0.05, 0.1) is 25.0 Å². The molecule has 0 saturated carbocycles. The van der Waals surface area contributed by atoms with Crippen LogP contribution in [-0.2, 0) is 16.0 Å². The molecule has 35 heavy (non-hydrogen) atoms. The zero-order valence-corrected chi connectivity index (χ0v) is 19.1. The number of ether oxygens (including phenoxy) is 1. The van der Waals surface area contributed by atoms with Gasteiger partial charge >= 0.3 is 0 Å². The minimum Gasteiger partial charge on any atom is -0.394 e. The van der Waals surface area contributed by atoms with Crippen molar-refractivity contribution in [2.75, 3.05) is 25.6 Å². The Labute approximate surface area is 200 Å². The number of imidazole rings is 1. The maximum absolute atomic E-state index is 12.8. The average Bonchev–Trinajstić information content (AvgIpc) is 3.41. The quantitative estimate of drug-likeness (QED) is 0.196. The van der Waals surface area contributed by atoms with Crippen molar-refractivity contribution < 1.29 is 19.7 Å². The fourth-order valence-electron chi connectivity index (χ4n) is 4.03. The van der Waals surface area contributed by atoms with Gasteiger partial charge in [-0.1, -0.05) is 29.4 Å². The number of aromatic nitrogens is 4. The maximum atomic E-state index is 12.8. The van der Waals surface area contributed by atoms with Gasteiger partial charge in [0.2, 0.25) is 5.91 Å². The van der Waals surface area contributed by atoms with Gasteiger partial charge in [-0.05, 0) is 17.5 Å². The highest BCUT2D eigenvalue weighted by Gasteiger charge is 2.46. The van der Waals surface area contributed by atoms with Crippen LogP contribution in [0.5, 0.6) is 0 Å². The van der Waals surface area contributed by atoms with E-state index >= 15 is 0 Å². The Morgan fingerprint density at radius 3 is 2.74 bits per heavy atom. The van der Waals surface area contributed by atoms with Gasteiger partial charge < -0.3 is 30.9 Å². The first-order chi connectivity index (χ1) is 16.8. The number of rotatable bonds is 8. The third-order valence-electron chi connectivity index (χ3n) is 5.79. The van der Waals surface area contributed by atoms with Crippen molar-refractivity contribution in [3.8, 4) is 0 Å². The molecule has 14 heteroatoms. The van der Waals surface area contributed by atoms with Crippen molar-refractivity contribution in [1.29, 1.82) is 0 Å². The Morgan fingerprint density at radius 1 is 1.34 bits per heavy atom. The van der Waals surface area contributed by atoms with Gasteiger partial charge in [0, 0.05) is 24.7 Å². The Bertz CT molecular complexity index is 1240. The van der Waals surface area contributed by atoms with Crippen LogP contribution >= 0.6 is 0 Å². The summed E-state index contributed by atoms with van der Waals surface area (Å²) in [6, 6.07) is 4.85. The van der Waals surface area contributed by atoms with Crippen LogP contribution in [0.4, 0.5) is 11.5 Å². The largest absolute Gasteiger partial charge is 0.394 e. The molecule has 0 aliphatic carbocycles. The number of anilines is 1. The number of aliphatic hydroxyl groups excluding tert-OH is 2. The van der Waals surface area contributed by atoms with Crippen molar-refractivity contribution in [2.45, 2.75) is 36.9 Å². The summed E-state index contributed by atoms with van der Waals surface area (Å²) in [6.07, 6.45) is 0.0543. The molecule has 2 unspecified atom stereocenters. The molecular weight excluding hydrogens is 456 g/mol. The highest BCUT2D eigenvalue weighted by Crippen LogP contribution is 2.32. The third-order valence-corrected chi connectivity index (χ3v) is 5.79. The highest BCUT2D eigenvalue weighted by molar-refractivity contribution is 5.83. The van der Waals surface area contributed by atoms with Crippen LogP contribution in [0.3, 0.4) is 0 Å². The normalized spacial score (nSPS) is 22.5. The van der Waals surface area contributed by atoms with E-state index in [2.05, 4.69) is 30.3 Å². The summed E-state index contributed by atoms with van der Waals surface area (Å²) in [7, 11) is 3.65. The molecule has 3 aromatic rings. The SMILES string of the molecule is CN(C)c1ncnc2c1ncn2[C@@H]1O[C@H](CO)C(NC(=O)C(N)Cc2ccc(N=[N+]=[N-])cc2)[C@H]1O. The van der Waals surface area contributed by atoms with Crippen molar-refractivity contribution in [2.24, 2.45) is 10.8 Å². The number of nitrogens with one attached hydrogen (secondary N) is 1. The molecule has 0 spiro atoms. The molecule has 0 bridgehead atoms. The fourth-order valence-corrected chi connectivity index (χ4v) is 4.03. The molecule has 14 nitrogen and oxygen atoms in total. The van der Waals surface area contributed by atoms with Gasteiger partial charge in [0.1, 0.15) is 18.5 Å². The van der Waals surface area contributed by atoms with Gasteiger partial charge in [0.15, 0.2) is 23.2 Å². The van der Waals surface area contributed by atoms with Crippen molar-refractivity contribution >= 4 is 28.6 Å². The second kappa shape index (κ2) is 10.2. The van der Waals surface area contributed by atoms with Crippen LogP contribution in [0, 0.1) is 0 Å². The summed E-state index contributed by atoms with van der Waals surface area (Å²) < 4.78 is 7.43. The topological polar surface area (TPSA) is 200 Å². The molecule has 1 saturated heterocycles. The van der Waals surface area contributed by atoms with Crippen LogP contribution in [0.25, 0.3) is 21.6 Å². The van der Waals surface area contributed by atoms with Gasteiger partial charge in [-0.2, -0.15) is 0 Å². The smallest absolute Gasteiger partial charge is 0.237 e. The maximum Gasteiger partial charge on any atom is 0.237 e. The molecule has 5 atom stereocenters. The molecule has 1 aromatic carbocycles. The first-order valence-electron chi connectivity index (χ1n) is 10.8. The molecule has 4 rings (SSSR count). The lowest BCUT2D eigenvalue weighted by Crippen LogP contribution is -2.53. The van der Waals surface area contributed by atoms with E-state index in [0.717, 1.165) is 5.56 Å². The number of carbonyl (C=O) groups is 1. The van der Waals surface area contributed by atoms with E-state index in [1.807, 2.05) is 14.1 Å². The Balaban J connectivity index is 1.48. The predicted octanol–water partition coefficient (Wildman–Crippen LogP) is 0.140. The van der Waals surface area contributed by atoms with E-state index in [-0.39, 0.29) is 6.42 Å². The van der Waals surface area contributed by atoms with Crippen molar-refractivity contribution in [1.82, 2.24) is 24.8 Å². The van der Waals surface area contributed by atoms with Crippen LogP contribution < -0.4 is 16.0 Å². The number of benzene rings is 1. The minimum absolute atomic E-state index is 0.218. The van der Waals surface area contributed by atoms with Gasteiger partial charge in [0.25, 0.3) is 0 Å². The summed E-state index contributed by atoms with van der Waals surface area (Å²) in [6.45, 7) is -0.431. The number of nitrogens with zero attached hydrogens (tertiary/aromatic N) is 8. The fraction of sp³-hybridized carbons (Fsp3) is 0.429. The zero-order chi connectivity index (χ0) is 25.1. The number of hydrogen-bond donors (Lipinski definition) is 4. The Kier molecular flexibility index (Phi) is 7.10. The van der Waals surface area contributed by atoms with Crippen LogP contribution in [0.2, 0.25) is 0 Å². The lowest BCUT2D eigenvalue weighted by Gasteiger charge is -2.23. The first kappa shape index (κ1) is 24.3. The average molecular weight is 483 g/mol. The number of hydrogen-bond acceptors (Lipinski definition) is 10. The predicted molar refractivity (Wildman–Crippen MR) is 126 cm³/mol. The van der Waals surface area contributed by atoms with Crippen molar-refractivity contribution in [3.63, 3.8) is 0 Å². The van der Waals surface area contributed by atoms with Gasteiger partial charge in [-0.15, -0.1) is 0 Å². The summed E-state index contributed by atoms with van der Waals surface area (Å²) >= 11 is 0. The second-order valence-electron chi connectivity index (χ2n) is 8.35. The Morgan fingerprint density at radius 2 is 2.09 bits per heavy atom. The van der Waals surface area contributed by atoms with Gasteiger partial charge in [-0.25, -0.2) is 15.0 Å². The van der Waals surface area contributed by atoms with E-state index in [4.69, 9.17) is 16.0 Å². The molecule has 1 amide bonds. The number of azide groups is 1. The van der Waals surface area contributed by atoms with E-state index in [9.17, 15) is 15.0 Å². The minimum atomic E-state index is -1.21. The monoisotopic (exact) mass is 482 g/mol. The Hall–Kier alpha value is -3.81. The van der Waals surface area contributed by atoms with Gasteiger partial charge in [-0.3, -0.25) is 9.36 Å². The second-order valence-corrected chi connectivity index (χ2v) is 8.35. The molecular formula is C21H26N10O4. The van der Waals surface area contributed by atoms with Crippen LogP contribution in [0.1, 0.15) is 11.8 Å². The molecule has 184 valence electrons. The molecule has 1 aliphatic heterocycles. The van der Waals surface area contributed by atoms with E-state index in [0.29, 0.717) is 22.7 Å².